The van der Waals surface area contributed by atoms with Gasteiger partial charge in [-0.2, -0.15) is 0 Å². The summed E-state index contributed by atoms with van der Waals surface area (Å²) >= 11 is 0. The van der Waals surface area contributed by atoms with E-state index in [1.807, 2.05) is 0 Å². The van der Waals surface area contributed by atoms with E-state index in [1.54, 1.807) is 11.1 Å². The fraction of sp³-hybridized carbons (Fsp3) is 0.286. The molecule has 0 saturated carbocycles. The molecule has 0 unspecified atom stereocenters. The van der Waals surface area contributed by atoms with E-state index >= 15 is 0 Å². The Hall–Kier alpha value is -2.51. The molecule has 0 radical (unpaired) electrons. The van der Waals surface area contributed by atoms with Crippen molar-refractivity contribution in [2.24, 2.45) is 0 Å². The number of alkyl halides is 3. The van der Waals surface area contributed by atoms with E-state index in [0.29, 0.717) is 25.1 Å². The van der Waals surface area contributed by atoms with Gasteiger partial charge in [-0.1, -0.05) is 5.16 Å². The van der Waals surface area contributed by atoms with Crippen molar-refractivity contribution in [2.45, 2.75) is 19.3 Å². The smallest absolute Gasteiger partial charge is 0.406 e. The Balaban J connectivity index is 1.71. The van der Waals surface area contributed by atoms with Crippen molar-refractivity contribution in [3.63, 3.8) is 0 Å². The van der Waals surface area contributed by atoms with E-state index in [0.717, 1.165) is 23.5 Å². The number of amides is 1. The van der Waals surface area contributed by atoms with Crippen LogP contribution in [0.2, 0.25) is 0 Å². The molecule has 0 aliphatic carbocycles. The zero-order valence-electron chi connectivity index (χ0n) is 11.3. The van der Waals surface area contributed by atoms with Crippen LogP contribution in [0.15, 0.2) is 35.0 Å². The van der Waals surface area contributed by atoms with Crippen LogP contribution < -0.4 is 4.74 Å². The van der Waals surface area contributed by atoms with Crippen molar-refractivity contribution in [1.29, 1.82) is 0 Å². The maximum atomic E-state index is 12.3. The lowest BCUT2D eigenvalue weighted by atomic mass is 10.1. The van der Waals surface area contributed by atoms with Gasteiger partial charge in [0.2, 0.25) is 0 Å². The van der Waals surface area contributed by atoms with Crippen molar-refractivity contribution >= 4 is 5.91 Å². The lowest BCUT2D eigenvalue weighted by Gasteiger charge is -2.25. The first-order chi connectivity index (χ1) is 10.4. The number of carbonyl (C=O) groups is 1. The number of hydrogen-bond acceptors (Lipinski definition) is 4. The van der Waals surface area contributed by atoms with Crippen LogP contribution in [0.5, 0.6) is 5.75 Å². The molecule has 8 heteroatoms. The lowest BCUT2D eigenvalue weighted by Crippen LogP contribution is -2.35. The van der Waals surface area contributed by atoms with Crippen molar-refractivity contribution in [2.75, 3.05) is 6.54 Å². The highest BCUT2D eigenvalue weighted by atomic mass is 19.4. The van der Waals surface area contributed by atoms with Crippen molar-refractivity contribution in [1.82, 2.24) is 10.1 Å². The molecule has 1 amide bonds. The molecule has 0 atom stereocenters. The molecule has 1 aromatic carbocycles. The fourth-order valence-electron chi connectivity index (χ4n) is 2.30. The van der Waals surface area contributed by atoms with Crippen molar-refractivity contribution in [3.8, 4) is 5.75 Å². The number of halogens is 3. The van der Waals surface area contributed by atoms with E-state index in [1.165, 1.54) is 12.1 Å². The summed E-state index contributed by atoms with van der Waals surface area (Å²) in [6.07, 6.45) is -2.62. The number of nitrogens with zero attached hydrogens (tertiary/aromatic N) is 2. The monoisotopic (exact) mass is 312 g/mol. The third kappa shape index (κ3) is 3.05. The molecule has 3 rings (SSSR count). The normalized spacial score (nSPS) is 14.6. The number of fused-ring (bicyclic) bond motifs is 1. The number of rotatable bonds is 2. The SMILES string of the molecule is O=C(c1ccc(OC(F)(F)F)cc1)N1CCc2oncc2C1. The second-order valence-electron chi connectivity index (χ2n) is 4.82. The first kappa shape index (κ1) is 14.4. The molecule has 0 N–H and O–H groups in total. The molecular weight excluding hydrogens is 301 g/mol. The largest absolute Gasteiger partial charge is 0.573 e. The topological polar surface area (TPSA) is 55.6 Å². The summed E-state index contributed by atoms with van der Waals surface area (Å²) in [6.45, 7) is 0.848. The molecule has 22 heavy (non-hydrogen) atoms. The van der Waals surface area contributed by atoms with E-state index in [9.17, 15) is 18.0 Å². The summed E-state index contributed by atoms with van der Waals surface area (Å²) < 4.78 is 45.1. The highest BCUT2D eigenvalue weighted by Gasteiger charge is 2.31. The summed E-state index contributed by atoms with van der Waals surface area (Å²) in [4.78, 5) is 13.9. The van der Waals surface area contributed by atoms with E-state index in [-0.39, 0.29) is 11.7 Å². The van der Waals surface area contributed by atoms with Gasteiger partial charge < -0.3 is 14.2 Å². The van der Waals surface area contributed by atoms with Crippen molar-refractivity contribution < 1.29 is 27.2 Å². The molecule has 0 fully saturated rings. The van der Waals surface area contributed by atoms with E-state index in [2.05, 4.69) is 9.89 Å². The Kier molecular flexibility index (Phi) is 3.51. The quantitative estimate of drug-likeness (QED) is 0.855. The third-order valence-electron chi connectivity index (χ3n) is 3.32. The highest BCUT2D eigenvalue weighted by molar-refractivity contribution is 5.94. The second-order valence-corrected chi connectivity index (χ2v) is 4.82. The molecule has 2 aromatic rings. The molecule has 1 aliphatic heterocycles. The summed E-state index contributed by atoms with van der Waals surface area (Å²) in [5.74, 6) is 0.146. The summed E-state index contributed by atoms with van der Waals surface area (Å²) in [5.41, 5.74) is 1.14. The third-order valence-corrected chi connectivity index (χ3v) is 3.32. The van der Waals surface area contributed by atoms with E-state index < -0.39 is 6.36 Å². The van der Waals surface area contributed by atoms with Gasteiger partial charge >= 0.3 is 6.36 Å². The van der Waals surface area contributed by atoms with Gasteiger partial charge in [-0.05, 0) is 24.3 Å². The van der Waals surface area contributed by atoms with Crippen LogP contribution in [0.25, 0.3) is 0 Å². The van der Waals surface area contributed by atoms with Crippen LogP contribution in [0.3, 0.4) is 0 Å². The maximum absolute atomic E-state index is 12.3. The number of hydrogen-bond donors (Lipinski definition) is 0. The summed E-state index contributed by atoms with van der Waals surface area (Å²) in [5, 5.41) is 3.68. The highest BCUT2D eigenvalue weighted by Crippen LogP contribution is 2.24. The summed E-state index contributed by atoms with van der Waals surface area (Å²) in [6, 6.07) is 4.87. The molecule has 0 bridgehead atoms. The van der Waals surface area contributed by atoms with Gasteiger partial charge in [0, 0.05) is 24.1 Å². The van der Waals surface area contributed by atoms with Gasteiger partial charge in [-0.25, -0.2) is 0 Å². The predicted molar refractivity (Wildman–Crippen MR) is 68.1 cm³/mol. The van der Waals surface area contributed by atoms with Gasteiger partial charge in [0.05, 0.1) is 12.7 Å². The zero-order chi connectivity index (χ0) is 15.7. The predicted octanol–water partition coefficient (Wildman–Crippen LogP) is 2.77. The van der Waals surface area contributed by atoms with E-state index in [4.69, 9.17) is 4.52 Å². The average molecular weight is 312 g/mol. The van der Waals surface area contributed by atoms with Crippen LogP contribution >= 0.6 is 0 Å². The Morgan fingerprint density at radius 3 is 2.68 bits per heavy atom. The Labute approximate surface area is 123 Å². The van der Waals surface area contributed by atoms with Crippen molar-refractivity contribution in [3.05, 3.63) is 47.3 Å². The first-order valence-corrected chi connectivity index (χ1v) is 6.50. The van der Waals surface area contributed by atoms with Gasteiger partial charge in [-0.15, -0.1) is 13.2 Å². The number of ether oxygens (including phenoxy) is 1. The van der Waals surface area contributed by atoms with Crippen LogP contribution in [-0.4, -0.2) is 28.9 Å². The molecule has 5 nitrogen and oxygen atoms in total. The standard InChI is InChI=1S/C14H11F3N2O3/c15-14(16,17)21-11-3-1-9(2-4-11)13(20)19-6-5-12-10(8-19)7-18-22-12/h1-4,7H,5-6,8H2. The van der Waals surface area contributed by atoms with Crippen LogP contribution in [0.1, 0.15) is 21.7 Å². The van der Waals surface area contributed by atoms with Gasteiger partial charge in [-0.3, -0.25) is 4.79 Å². The molecule has 2 heterocycles. The van der Waals surface area contributed by atoms with Crippen LogP contribution in [-0.2, 0) is 13.0 Å². The van der Waals surface area contributed by atoms with Gasteiger partial charge in [0.1, 0.15) is 11.5 Å². The molecule has 1 aromatic heterocycles. The fourth-order valence-corrected chi connectivity index (χ4v) is 2.30. The zero-order valence-corrected chi connectivity index (χ0v) is 11.3. The lowest BCUT2D eigenvalue weighted by molar-refractivity contribution is -0.274. The second kappa shape index (κ2) is 5.36. The van der Waals surface area contributed by atoms with Crippen LogP contribution in [0.4, 0.5) is 13.2 Å². The van der Waals surface area contributed by atoms with Crippen LogP contribution in [0, 0.1) is 0 Å². The number of carbonyl (C=O) groups excluding carboxylic acids is 1. The number of aromatic nitrogens is 1. The Morgan fingerprint density at radius 2 is 2.00 bits per heavy atom. The minimum Gasteiger partial charge on any atom is -0.406 e. The van der Waals surface area contributed by atoms with Gasteiger partial charge in [0.15, 0.2) is 0 Å². The maximum Gasteiger partial charge on any atom is 0.573 e. The first-order valence-electron chi connectivity index (χ1n) is 6.50. The molecule has 0 spiro atoms. The average Bonchev–Trinajstić information content (AvgIpc) is 2.93. The molecule has 0 saturated heterocycles. The minimum atomic E-state index is -4.75. The summed E-state index contributed by atoms with van der Waals surface area (Å²) in [7, 11) is 0. The molecule has 116 valence electrons. The number of benzene rings is 1. The van der Waals surface area contributed by atoms with Gasteiger partial charge in [0.25, 0.3) is 5.91 Å². The molecule has 1 aliphatic rings. The Bertz CT molecular complexity index is 679. The Morgan fingerprint density at radius 1 is 1.27 bits per heavy atom. The minimum absolute atomic E-state index is 0.259. The molecular formula is C14H11F3N2O3.